The first kappa shape index (κ1) is 29.9. The number of hydrogen-bond acceptors (Lipinski definition) is 4. The quantitative estimate of drug-likeness (QED) is 0.109. The molecule has 0 aromatic carbocycles. The molecule has 0 aliphatic rings. The van der Waals surface area contributed by atoms with Crippen molar-refractivity contribution in [2.45, 2.75) is 123 Å². The van der Waals surface area contributed by atoms with Crippen molar-refractivity contribution in [3.8, 4) is 0 Å². The molecule has 0 spiro atoms. The van der Waals surface area contributed by atoms with Crippen LogP contribution >= 0.6 is 0 Å². The maximum absolute atomic E-state index is 11.7. The molecule has 0 rings (SSSR count). The van der Waals surface area contributed by atoms with E-state index in [1.807, 2.05) is 0 Å². The number of carbonyl (C=O) groups excluding carboxylic acids is 1. The minimum Gasteiger partial charge on any atom is -0.478 e. The maximum atomic E-state index is 11.7. The summed E-state index contributed by atoms with van der Waals surface area (Å²) in [6, 6.07) is 0. The summed E-state index contributed by atoms with van der Waals surface area (Å²) in [6.45, 7) is 18.3. The molecule has 0 saturated carbocycles. The third-order valence-electron chi connectivity index (χ3n) is 6.51. The van der Waals surface area contributed by atoms with Gasteiger partial charge in [-0.1, -0.05) is 85.6 Å². The van der Waals surface area contributed by atoms with E-state index in [0.29, 0.717) is 6.42 Å². The van der Waals surface area contributed by atoms with Crippen LogP contribution in [0.15, 0.2) is 12.2 Å². The van der Waals surface area contributed by atoms with Crippen molar-refractivity contribution < 1.29 is 23.9 Å². The molecule has 0 saturated heterocycles. The van der Waals surface area contributed by atoms with Gasteiger partial charge in [0.1, 0.15) is 6.10 Å². The topological polar surface area (TPSA) is 72.8 Å². The Morgan fingerprint density at radius 1 is 0.968 bits per heavy atom. The van der Waals surface area contributed by atoms with Gasteiger partial charge in [0.25, 0.3) is 0 Å². The molecule has 31 heavy (non-hydrogen) atoms. The Bertz CT molecular complexity index is 551. The molecule has 0 unspecified atom stereocenters. The number of carboxylic acid groups (broad SMARTS) is 1. The molecule has 6 heteroatoms. The zero-order valence-electron chi connectivity index (χ0n) is 21.2. The highest BCUT2D eigenvalue weighted by Gasteiger charge is 2.39. The van der Waals surface area contributed by atoms with Crippen LogP contribution in [0.1, 0.15) is 98.8 Å². The standard InChI is InChI=1S/C25H48O5Si/c1-9-10-11-12-13-14-15-16-17-18-23(30-21(3)26)22(20(2)24(27)28)19-29-31(7,8)25(4,5)6/h22-23H,2,9-19H2,1,3-8H3,(H,27,28)/t22-,23-/m0/s1. The van der Waals surface area contributed by atoms with Crippen molar-refractivity contribution in [3.05, 3.63) is 12.2 Å². The van der Waals surface area contributed by atoms with E-state index in [4.69, 9.17) is 9.16 Å². The molecule has 5 nitrogen and oxygen atoms in total. The van der Waals surface area contributed by atoms with E-state index in [0.717, 1.165) is 19.3 Å². The van der Waals surface area contributed by atoms with Gasteiger partial charge in [-0.25, -0.2) is 4.79 Å². The summed E-state index contributed by atoms with van der Waals surface area (Å²) in [5.41, 5.74) is 0.0564. The Balaban J connectivity index is 4.94. The monoisotopic (exact) mass is 456 g/mol. The highest BCUT2D eigenvalue weighted by molar-refractivity contribution is 6.74. The van der Waals surface area contributed by atoms with Crippen LogP contribution in [0.25, 0.3) is 0 Å². The lowest BCUT2D eigenvalue weighted by Crippen LogP contribution is -2.44. The second kappa shape index (κ2) is 14.8. The van der Waals surface area contributed by atoms with Gasteiger partial charge in [-0.15, -0.1) is 0 Å². The van der Waals surface area contributed by atoms with Gasteiger partial charge in [0.15, 0.2) is 8.32 Å². The first-order valence-corrected chi connectivity index (χ1v) is 15.0. The molecule has 0 radical (unpaired) electrons. The molecule has 1 N–H and O–H groups in total. The van der Waals surface area contributed by atoms with Gasteiger partial charge in [-0.05, 0) is 31.0 Å². The predicted octanol–water partition coefficient (Wildman–Crippen LogP) is 7.12. The molecular formula is C25H48O5Si. The minimum atomic E-state index is -2.07. The molecule has 0 heterocycles. The molecule has 182 valence electrons. The zero-order valence-corrected chi connectivity index (χ0v) is 22.2. The summed E-state index contributed by atoms with van der Waals surface area (Å²) in [6.07, 6.45) is 10.9. The smallest absolute Gasteiger partial charge is 0.331 e. The fraction of sp³-hybridized carbons (Fsp3) is 0.840. The number of carbonyl (C=O) groups is 2. The summed E-state index contributed by atoms with van der Waals surface area (Å²) < 4.78 is 11.9. The van der Waals surface area contributed by atoms with E-state index >= 15 is 0 Å². The van der Waals surface area contributed by atoms with Gasteiger partial charge in [0, 0.05) is 25.0 Å². The number of aliphatic carboxylic acids is 1. The van der Waals surface area contributed by atoms with Crippen LogP contribution in [0, 0.1) is 5.92 Å². The maximum Gasteiger partial charge on any atom is 0.331 e. The van der Waals surface area contributed by atoms with E-state index in [9.17, 15) is 14.7 Å². The summed E-state index contributed by atoms with van der Waals surface area (Å²) in [5, 5.41) is 9.58. The average molecular weight is 457 g/mol. The number of hydrogen-bond donors (Lipinski definition) is 1. The number of unbranched alkanes of at least 4 members (excludes halogenated alkanes) is 8. The van der Waals surface area contributed by atoms with Crippen LogP contribution in [0.2, 0.25) is 18.1 Å². The largest absolute Gasteiger partial charge is 0.478 e. The van der Waals surface area contributed by atoms with Gasteiger partial charge in [0.05, 0.1) is 0 Å². The lowest BCUT2D eigenvalue weighted by molar-refractivity contribution is -0.150. The summed E-state index contributed by atoms with van der Waals surface area (Å²) in [7, 11) is -2.07. The molecule has 2 atom stereocenters. The Morgan fingerprint density at radius 2 is 1.45 bits per heavy atom. The van der Waals surface area contributed by atoms with Crippen LogP contribution < -0.4 is 0 Å². The summed E-state index contributed by atoms with van der Waals surface area (Å²) in [4.78, 5) is 23.4. The number of ether oxygens (including phenoxy) is 1. The fourth-order valence-corrected chi connectivity index (χ4v) is 4.35. The predicted molar refractivity (Wildman–Crippen MR) is 131 cm³/mol. The SMILES string of the molecule is C=C(C(=O)O)[C@H](CO[Si](C)(C)C(C)(C)C)[C@H](CCCCCCCCCCC)OC(C)=O. The van der Waals surface area contributed by atoms with Crippen LogP contribution in [-0.4, -0.2) is 38.1 Å². The Kier molecular flexibility index (Phi) is 14.3. The molecule has 0 bridgehead atoms. The van der Waals surface area contributed by atoms with Crippen LogP contribution in [0.3, 0.4) is 0 Å². The highest BCUT2D eigenvalue weighted by Crippen LogP contribution is 2.37. The van der Waals surface area contributed by atoms with Crippen molar-refractivity contribution in [2.24, 2.45) is 5.92 Å². The first-order valence-electron chi connectivity index (χ1n) is 12.1. The fourth-order valence-electron chi connectivity index (χ4n) is 3.32. The molecule has 0 aliphatic carbocycles. The van der Waals surface area contributed by atoms with Crippen LogP contribution in [0.4, 0.5) is 0 Å². The molecule has 0 aromatic rings. The molecule has 0 amide bonds. The van der Waals surface area contributed by atoms with Crippen molar-refractivity contribution in [1.29, 1.82) is 0 Å². The third-order valence-corrected chi connectivity index (χ3v) is 11.0. The third kappa shape index (κ3) is 12.5. The Labute approximate surface area is 192 Å². The second-order valence-electron chi connectivity index (χ2n) is 10.3. The lowest BCUT2D eigenvalue weighted by atomic mass is 9.91. The van der Waals surface area contributed by atoms with Crippen LogP contribution in [0.5, 0.6) is 0 Å². The van der Waals surface area contributed by atoms with Crippen molar-refractivity contribution in [3.63, 3.8) is 0 Å². The molecule has 0 fully saturated rings. The van der Waals surface area contributed by atoms with Gasteiger partial charge in [-0.2, -0.15) is 0 Å². The molecular weight excluding hydrogens is 408 g/mol. The van der Waals surface area contributed by atoms with Crippen molar-refractivity contribution in [1.82, 2.24) is 0 Å². The van der Waals surface area contributed by atoms with E-state index in [1.165, 1.54) is 45.4 Å². The highest BCUT2D eigenvalue weighted by atomic mass is 28.4. The lowest BCUT2D eigenvalue weighted by Gasteiger charge is -2.38. The average Bonchev–Trinajstić information content (AvgIpc) is 2.64. The number of esters is 1. The van der Waals surface area contributed by atoms with Crippen LogP contribution in [-0.2, 0) is 18.8 Å². The minimum absolute atomic E-state index is 0.0101. The van der Waals surface area contributed by atoms with E-state index in [2.05, 4.69) is 47.4 Å². The normalized spacial score (nSPS) is 14.2. The Morgan fingerprint density at radius 3 is 1.87 bits per heavy atom. The van der Waals surface area contributed by atoms with Crippen molar-refractivity contribution >= 4 is 20.3 Å². The summed E-state index contributed by atoms with van der Waals surface area (Å²) in [5.74, 6) is -1.99. The van der Waals surface area contributed by atoms with Gasteiger partial charge < -0.3 is 14.3 Å². The number of carboxylic acids is 1. The van der Waals surface area contributed by atoms with E-state index in [1.54, 1.807) is 0 Å². The molecule has 0 aromatic heterocycles. The van der Waals surface area contributed by atoms with Crippen molar-refractivity contribution in [2.75, 3.05) is 6.61 Å². The van der Waals surface area contributed by atoms with Gasteiger partial charge >= 0.3 is 11.9 Å². The second-order valence-corrected chi connectivity index (χ2v) is 15.1. The van der Waals surface area contributed by atoms with E-state index < -0.39 is 32.3 Å². The van der Waals surface area contributed by atoms with Gasteiger partial charge in [0.2, 0.25) is 0 Å². The summed E-state index contributed by atoms with van der Waals surface area (Å²) >= 11 is 0. The Hall–Kier alpha value is -1.14. The number of rotatable bonds is 17. The first-order chi connectivity index (χ1) is 14.3. The zero-order chi connectivity index (χ0) is 24.1. The molecule has 0 aliphatic heterocycles. The van der Waals surface area contributed by atoms with E-state index in [-0.39, 0.29) is 17.2 Å². The van der Waals surface area contributed by atoms with Gasteiger partial charge in [-0.3, -0.25) is 4.79 Å².